The fraction of sp³-hybridized carbons (Fsp3) is 0.311. The van der Waals surface area contributed by atoms with Crippen molar-refractivity contribution in [2.75, 3.05) is 44.9 Å². The maximum absolute atomic E-state index is 15.1. The third-order valence-electron chi connectivity index (χ3n) is 11.7. The standard InChI is InChI=1S/C45H46N6O5/c1-47-41-17-12-34(24-32(41)27-46-47)51(33-10-13-36(52)14-11-33)45(54)40-26-43(49-18-6-5-9-42(40)49)39-25-37(55-2)15-16-38(39)44(53)50-28-31-8-4-3-7-30(31)23-35(50)29-48-19-21-56-22-20-48/h3-4,7-8,10-17,24-27,35,52H,5-6,9,18-23,28-29H2,1-2H3/t35-/m0/s1. The first-order chi connectivity index (χ1) is 27.4. The number of phenolic OH excluding ortho intramolecular Hbond substituents is 1. The molecule has 4 aromatic carbocycles. The molecule has 1 N–H and O–H groups in total. The van der Waals surface area contributed by atoms with Gasteiger partial charge in [0, 0.05) is 79.4 Å². The predicted molar refractivity (Wildman–Crippen MR) is 216 cm³/mol. The molecule has 6 aromatic rings. The predicted octanol–water partition coefficient (Wildman–Crippen LogP) is 6.97. The van der Waals surface area contributed by atoms with Crippen LogP contribution in [-0.4, -0.2) is 87.1 Å². The van der Waals surface area contributed by atoms with E-state index in [4.69, 9.17) is 9.47 Å². The molecule has 2 amide bonds. The summed E-state index contributed by atoms with van der Waals surface area (Å²) >= 11 is 0. The number of morpholine rings is 1. The van der Waals surface area contributed by atoms with Crippen molar-refractivity contribution in [2.45, 2.75) is 44.8 Å². The van der Waals surface area contributed by atoms with E-state index in [2.05, 4.69) is 37.7 Å². The lowest BCUT2D eigenvalue weighted by atomic mass is 9.92. The number of carbonyl (C=O) groups is 2. The first kappa shape index (κ1) is 35.8. The molecule has 1 saturated heterocycles. The van der Waals surface area contributed by atoms with E-state index in [1.165, 1.54) is 11.1 Å². The Bertz CT molecular complexity index is 2430. The van der Waals surface area contributed by atoms with Crippen molar-refractivity contribution in [1.82, 2.24) is 24.1 Å². The molecule has 0 aliphatic carbocycles. The first-order valence-corrected chi connectivity index (χ1v) is 19.5. The van der Waals surface area contributed by atoms with Crippen molar-refractivity contribution >= 4 is 34.1 Å². The van der Waals surface area contributed by atoms with E-state index >= 15 is 9.59 Å². The van der Waals surface area contributed by atoms with Gasteiger partial charge in [-0.15, -0.1) is 0 Å². The fourth-order valence-corrected chi connectivity index (χ4v) is 8.75. The maximum Gasteiger partial charge on any atom is 0.264 e. The molecule has 3 aliphatic heterocycles. The normalized spacial score (nSPS) is 17.0. The van der Waals surface area contributed by atoms with Gasteiger partial charge in [-0.25, -0.2) is 0 Å². The van der Waals surface area contributed by atoms with Gasteiger partial charge in [-0.3, -0.25) is 24.1 Å². The third-order valence-corrected chi connectivity index (χ3v) is 11.7. The number of rotatable bonds is 8. The lowest BCUT2D eigenvalue weighted by Gasteiger charge is -2.40. The Morgan fingerprint density at radius 2 is 1.68 bits per heavy atom. The van der Waals surface area contributed by atoms with Gasteiger partial charge in [0.15, 0.2) is 0 Å². The minimum atomic E-state index is -0.190. The molecule has 1 atom stereocenters. The van der Waals surface area contributed by atoms with Crippen LogP contribution in [0, 0.1) is 0 Å². The monoisotopic (exact) mass is 750 g/mol. The van der Waals surface area contributed by atoms with Crippen LogP contribution in [-0.2, 0) is 37.7 Å². The highest BCUT2D eigenvalue weighted by atomic mass is 16.5. The topological polar surface area (TPSA) is 105 Å². The van der Waals surface area contributed by atoms with Gasteiger partial charge in [-0.1, -0.05) is 24.3 Å². The van der Waals surface area contributed by atoms with E-state index < -0.39 is 0 Å². The van der Waals surface area contributed by atoms with Crippen LogP contribution in [0.4, 0.5) is 11.4 Å². The molecule has 0 spiro atoms. The van der Waals surface area contributed by atoms with Crippen LogP contribution in [0.2, 0.25) is 0 Å². The average Bonchev–Trinajstić information content (AvgIpc) is 3.81. The molecule has 0 saturated carbocycles. The van der Waals surface area contributed by atoms with Crippen LogP contribution in [0.1, 0.15) is 50.4 Å². The Morgan fingerprint density at radius 3 is 2.48 bits per heavy atom. The van der Waals surface area contributed by atoms with E-state index in [1.807, 2.05) is 60.3 Å². The Labute approximate surface area is 326 Å². The van der Waals surface area contributed by atoms with Crippen LogP contribution < -0.4 is 9.64 Å². The molecule has 2 aromatic heterocycles. The summed E-state index contributed by atoms with van der Waals surface area (Å²) < 4.78 is 15.5. The van der Waals surface area contributed by atoms with E-state index in [0.717, 1.165) is 79.7 Å². The van der Waals surface area contributed by atoms with E-state index in [0.29, 0.717) is 48.0 Å². The number of ether oxygens (including phenoxy) is 2. The molecule has 0 radical (unpaired) electrons. The Balaban J connectivity index is 1.14. The van der Waals surface area contributed by atoms with E-state index in [1.54, 1.807) is 42.5 Å². The molecule has 11 nitrogen and oxygen atoms in total. The molecule has 286 valence electrons. The summed E-state index contributed by atoms with van der Waals surface area (Å²) in [6, 6.07) is 28.7. The zero-order valence-corrected chi connectivity index (χ0v) is 31.9. The second kappa shape index (κ2) is 15.0. The summed E-state index contributed by atoms with van der Waals surface area (Å²) in [6.07, 6.45) is 5.21. The van der Waals surface area contributed by atoms with Crippen molar-refractivity contribution < 1.29 is 24.2 Å². The number of aryl methyl sites for hydroxylation is 1. The number of aromatic hydroxyl groups is 1. The van der Waals surface area contributed by atoms with E-state index in [-0.39, 0.29) is 23.6 Å². The lowest BCUT2D eigenvalue weighted by Crippen LogP contribution is -2.52. The Hall–Kier alpha value is -5.91. The molecular weight excluding hydrogens is 705 g/mol. The summed E-state index contributed by atoms with van der Waals surface area (Å²) in [5.41, 5.74) is 8.40. The first-order valence-electron chi connectivity index (χ1n) is 19.5. The summed E-state index contributed by atoms with van der Waals surface area (Å²) in [7, 11) is 3.53. The van der Waals surface area contributed by atoms with Crippen LogP contribution in [0.15, 0.2) is 97.2 Å². The van der Waals surface area contributed by atoms with Crippen molar-refractivity contribution in [2.24, 2.45) is 7.05 Å². The summed E-state index contributed by atoms with van der Waals surface area (Å²) in [6.45, 7) is 5.10. The average molecular weight is 751 g/mol. The molecule has 11 heteroatoms. The quantitative estimate of drug-likeness (QED) is 0.179. The highest BCUT2D eigenvalue weighted by Gasteiger charge is 2.35. The molecule has 0 bridgehead atoms. The smallest absolute Gasteiger partial charge is 0.264 e. The van der Waals surface area contributed by atoms with Gasteiger partial charge in [-0.2, -0.15) is 5.10 Å². The minimum absolute atomic E-state index is 0.0140. The van der Waals surface area contributed by atoms with Crippen molar-refractivity contribution in [3.8, 4) is 22.8 Å². The third kappa shape index (κ3) is 6.60. The fourth-order valence-electron chi connectivity index (χ4n) is 8.75. The molecule has 56 heavy (non-hydrogen) atoms. The second-order valence-electron chi connectivity index (χ2n) is 15.1. The molecule has 0 unspecified atom stereocenters. The summed E-state index contributed by atoms with van der Waals surface area (Å²) in [4.78, 5) is 36.4. The summed E-state index contributed by atoms with van der Waals surface area (Å²) in [5.74, 6) is 0.530. The number of anilines is 2. The number of hydrogen-bond donors (Lipinski definition) is 1. The van der Waals surface area contributed by atoms with Gasteiger partial charge in [0.1, 0.15) is 11.5 Å². The molecular formula is C45H46N6O5. The van der Waals surface area contributed by atoms with Gasteiger partial charge >= 0.3 is 0 Å². The summed E-state index contributed by atoms with van der Waals surface area (Å²) in [5, 5.41) is 15.5. The van der Waals surface area contributed by atoms with Crippen molar-refractivity contribution in [3.05, 3.63) is 125 Å². The van der Waals surface area contributed by atoms with Gasteiger partial charge in [0.05, 0.1) is 43.3 Å². The van der Waals surface area contributed by atoms with Crippen LogP contribution in [0.3, 0.4) is 0 Å². The lowest BCUT2D eigenvalue weighted by molar-refractivity contribution is 0.0193. The number of hydrogen-bond acceptors (Lipinski definition) is 7. The van der Waals surface area contributed by atoms with Gasteiger partial charge in [0.25, 0.3) is 11.8 Å². The largest absolute Gasteiger partial charge is 0.508 e. The van der Waals surface area contributed by atoms with E-state index in [9.17, 15) is 5.11 Å². The van der Waals surface area contributed by atoms with Gasteiger partial charge in [0.2, 0.25) is 0 Å². The number of fused-ring (bicyclic) bond motifs is 3. The van der Waals surface area contributed by atoms with Crippen LogP contribution in [0.25, 0.3) is 22.2 Å². The van der Waals surface area contributed by atoms with Crippen molar-refractivity contribution in [3.63, 3.8) is 0 Å². The maximum atomic E-state index is 15.1. The van der Waals surface area contributed by atoms with Gasteiger partial charge < -0.3 is 24.0 Å². The van der Waals surface area contributed by atoms with Crippen LogP contribution in [0.5, 0.6) is 11.5 Å². The zero-order valence-electron chi connectivity index (χ0n) is 31.9. The second-order valence-corrected chi connectivity index (χ2v) is 15.1. The highest BCUT2D eigenvalue weighted by molar-refractivity contribution is 6.13. The highest BCUT2D eigenvalue weighted by Crippen LogP contribution is 2.39. The number of phenols is 1. The minimum Gasteiger partial charge on any atom is -0.508 e. The van der Waals surface area contributed by atoms with Gasteiger partial charge in [-0.05, 0) is 104 Å². The zero-order chi connectivity index (χ0) is 38.3. The Morgan fingerprint density at radius 1 is 0.893 bits per heavy atom. The molecule has 5 heterocycles. The Kier molecular flexibility index (Phi) is 9.56. The number of amides is 2. The molecule has 1 fully saturated rings. The number of carbonyl (C=O) groups excluding carboxylic acids is 2. The van der Waals surface area contributed by atoms with Crippen molar-refractivity contribution in [1.29, 1.82) is 0 Å². The number of methoxy groups -OCH3 is 1. The molecule has 9 rings (SSSR count). The number of benzene rings is 4. The number of aromatic nitrogens is 3. The molecule has 3 aliphatic rings. The van der Waals surface area contributed by atoms with Crippen LogP contribution >= 0.6 is 0 Å². The SMILES string of the molecule is COc1ccc(C(=O)N2Cc3ccccc3C[C@H]2CN2CCOCC2)c(-c2cc(C(=O)N(c3ccc(O)cc3)c3ccc4c(cnn4C)c3)c3n2CCCC3)c1. The number of nitrogens with zero attached hydrogens (tertiary/aromatic N) is 6.